The Morgan fingerprint density at radius 2 is 1.06 bits per heavy atom. The van der Waals surface area contributed by atoms with Crippen LogP contribution >= 0.6 is 0 Å². The number of rotatable bonds is 0. The predicted molar refractivity (Wildman–Crippen MR) is 120 cm³/mol. The van der Waals surface area contributed by atoms with E-state index in [0.717, 1.165) is 21.8 Å². The van der Waals surface area contributed by atoms with Crippen molar-refractivity contribution in [3.05, 3.63) is 59.7 Å². The maximum atomic E-state index is 13.1. The van der Waals surface area contributed by atoms with Crippen LogP contribution in [0, 0.1) is 0 Å². The minimum Gasteiger partial charge on any atom is -0.389 e. The summed E-state index contributed by atoms with van der Waals surface area (Å²) in [5, 5.41) is 38.9. The van der Waals surface area contributed by atoms with Crippen LogP contribution in [-0.2, 0) is 0 Å². The SMILES string of the molecule is O=C1NC(=O)c2c1c1c3ccccc3n3c1c1c2c2ccccc2n1C1C(O)C3[C@@H](O)[C@H]1O. The average molecular weight is 439 g/mol. The monoisotopic (exact) mass is 439 g/mol. The summed E-state index contributed by atoms with van der Waals surface area (Å²) < 4.78 is 3.73. The number of benzene rings is 3. The number of nitrogens with zero attached hydrogens (tertiary/aromatic N) is 2. The van der Waals surface area contributed by atoms with Gasteiger partial charge in [0.25, 0.3) is 11.8 Å². The summed E-state index contributed by atoms with van der Waals surface area (Å²) in [6, 6.07) is 13.3. The van der Waals surface area contributed by atoms with Gasteiger partial charge in [0.2, 0.25) is 0 Å². The highest BCUT2D eigenvalue weighted by atomic mass is 16.3. The molecule has 8 heteroatoms. The van der Waals surface area contributed by atoms with E-state index in [0.29, 0.717) is 32.9 Å². The third-order valence-corrected chi connectivity index (χ3v) is 7.82. The van der Waals surface area contributed by atoms with Gasteiger partial charge in [-0.05, 0) is 12.1 Å². The zero-order valence-corrected chi connectivity index (χ0v) is 17.1. The Bertz CT molecular complexity index is 1640. The molecular formula is C25H17N3O5. The van der Waals surface area contributed by atoms with E-state index >= 15 is 0 Å². The second-order valence-corrected chi connectivity index (χ2v) is 9.21. The number of aliphatic hydroxyl groups is 3. The summed E-state index contributed by atoms with van der Waals surface area (Å²) in [5.41, 5.74) is 3.46. The summed E-state index contributed by atoms with van der Waals surface area (Å²) in [6.07, 6.45) is -3.51. The average Bonchev–Trinajstić information content (AvgIpc) is 3.44. The molecule has 162 valence electrons. The van der Waals surface area contributed by atoms with Gasteiger partial charge in [-0.15, -0.1) is 0 Å². The van der Waals surface area contributed by atoms with Crippen molar-refractivity contribution in [3.63, 3.8) is 0 Å². The molecule has 1 fully saturated rings. The van der Waals surface area contributed by atoms with Gasteiger partial charge in [0, 0.05) is 32.6 Å². The van der Waals surface area contributed by atoms with Crippen LogP contribution in [0.5, 0.6) is 0 Å². The molecule has 3 aliphatic rings. The molecule has 1 aliphatic carbocycles. The highest BCUT2D eigenvalue weighted by Crippen LogP contribution is 2.53. The van der Waals surface area contributed by atoms with E-state index in [9.17, 15) is 24.9 Å². The van der Waals surface area contributed by atoms with Crippen molar-refractivity contribution in [2.45, 2.75) is 30.4 Å². The fourth-order valence-electron chi connectivity index (χ4n) is 6.67. The fraction of sp³-hybridized carbons (Fsp3) is 0.200. The summed E-state index contributed by atoms with van der Waals surface area (Å²) in [5.74, 6) is -0.903. The number of nitrogens with one attached hydrogen (secondary N) is 1. The van der Waals surface area contributed by atoms with Gasteiger partial charge >= 0.3 is 0 Å². The first-order valence-electron chi connectivity index (χ1n) is 10.9. The molecule has 2 aromatic heterocycles. The minimum absolute atomic E-state index is 0.322. The lowest BCUT2D eigenvalue weighted by molar-refractivity contribution is 0.0101. The fourth-order valence-corrected chi connectivity index (χ4v) is 6.67. The van der Waals surface area contributed by atoms with Crippen LogP contribution in [0.1, 0.15) is 32.8 Å². The molecule has 4 N–H and O–H groups in total. The van der Waals surface area contributed by atoms with Crippen LogP contribution in [0.25, 0.3) is 43.6 Å². The van der Waals surface area contributed by atoms with Crippen molar-refractivity contribution in [1.29, 1.82) is 0 Å². The van der Waals surface area contributed by atoms with Crippen LogP contribution in [0.4, 0.5) is 0 Å². The molecule has 33 heavy (non-hydrogen) atoms. The van der Waals surface area contributed by atoms with Crippen molar-refractivity contribution in [1.82, 2.24) is 14.5 Å². The van der Waals surface area contributed by atoms with E-state index in [1.165, 1.54) is 0 Å². The second kappa shape index (κ2) is 5.43. The van der Waals surface area contributed by atoms with Crippen molar-refractivity contribution in [3.8, 4) is 0 Å². The predicted octanol–water partition coefficient (Wildman–Crippen LogP) is 1.98. The van der Waals surface area contributed by atoms with Gasteiger partial charge in [0.05, 0.1) is 34.2 Å². The number of carbonyl (C=O) groups excluding carboxylic acids is 2. The lowest BCUT2D eigenvalue weighted by atomic mass is 9.96. The zero-order valence-electron chi connectivity index (χ0n) is 17.1. The summed E-state index contributed by atoms with van der Waals surface area (Å²) >= 11 is 0. The third kappa shape index (κ3) is 1.73. The van der Waals surface area contributed by atoms with E-state index in [1.54, 1.807) is 0 Å². The van der Waals surface area contributed by atoms with Gasteiger partial charge in [0.15, 0.2) is 0 Å². The van der Waals surface area contributed by atoms with Crippen LogP contribution in [0.3, 0.4) is 0 Å². The normalized spacial score (nSPS) is 27.9. The molecule has 0 saturated heterocycles. The van der Waals surface area contributed by atoms with Crippen LogP contribution < -0.4 is 5.32 Å². The highest BCUT2D eigenvalue weighted by Gasteiger charge is 2.54. The van der Waals surface area contributed by atoms with Gasteiger partial charge < -0.3 is 24.5 Å². The number of fused-ring (bicyclic) bond motifs is 13. The number of aliphatic hydroxyl groups excluding tert-OH is 3. The first-order chi connectivity index (χ1) is 16.0. The molecule has 5 atom stereocenters. The molecule has 8 nitrogen and oxygen atoms in total. The molecule has 2 bridgehead atoms. The topological polar surface area (TPSA) is 117 Å². The molecule has 5 aromatic rings. The van der Waals surface area contributed by atoms with Crippen LogP contribution in [-0.4, -0.2) is 54.6 Å². The number of hydrogen-bond donors (Lipinski definition) is 4. The van der Waals surface area contributed by atoms with Crippen LogP contribution in [0.15, 0.2) is 48.5 Å². The molecule has 3 aromatic carbocycles. The maximum Gasteiger partial charge on any atom is 0.259 e. The summed E-state index contributed by atoms with van der Waals surface area (Å²) in [4.78, 5) is 26.2. The smallest absolute Gasteiger partial charge is 0.259 e. The van der Waals surface area contributed by atoms with Crippen molar-refractivity contribution in [2.75, 3.05) is 0 Å². The van der Waals surface area contributed by atoms with E-state index in [2.05, 4.69) is 5.32 Å². The number of carbonyl (C=O) groups is 2. The summed E-state index contributed by atoms with van der Waals surface area (Å²) in [6.45, 7) is 0. The molecule has 1 saturated carbocycles. The minimum atomic E-state index is -1.21. The number of amides is 2. The van der Waals surface area contributed by atoms with Crippen LogP contribution in [0.2, 0.25) is 0 Å². The van der Waals surface area contributed by atoms with Gasteiger partial charge in [-0.2, -0.15) is 0 Å². The van der Waals surface area contributed by atoms with Crippen molar-refractivity contribution >= 4 is 55.4 Å². The molecule has 2 aliphatic heterocycles. The summed E-state index contributed by atoms with van der Waals surface area (Å²) in [7, 11) is 0. The Kier molecular flexibility index (Phi) is 2.93. The zero-order chi connectivity index (χ0) is 22.3. The van der Waals surface area contributed by atoms with Crippen molar-refractivity contribution < 1.29 is 24.9 Å². The van der Waals surface area contributed by atoms with E-state index in [4.69, 9.17) is 0 Å². The van der Waals surface area contributed by atoms with E-state index in [-0.39, 0.29) is 0 Å². The highest BCUT2D eigenvalue weighted by molar-refractivity contribution is 6.39. The number of para-hydroxylation sites is 2. The number of aromatic nitrogens is 2. The van der Waals surface area contributed by atoms with E-state index in [1.807, 2.05) is 57.7 Å². The van der Waals surface area contributed by atoms with Gasteiger partial charge in [-0.3, -0.25) is 14.9 Å². The first-order valence-corrected chi connectivity index (χ1v) is 10.9. The molecular weight excluding hydrogens is 422 g/mol. The lowest BCUT2D eigenvalue weighted by Crippen LogP contribution is -2.31. The Morgan fingerprint density at radius 3 is 1.52 bits per heavy atom. The Morgan fingerprint density at radius 1 is 0.636 bits per heavy atom. The third-order valence-electron chi connectivity index (χ3n) is 7.82. The van der Waals surface area contributed by atoms with Gasteiger partial charge in [-0.25, -0.2) is 0 Å². The first kappa shape index (κ1) is 17.8. The molecule has 4 heterocycles. The second-order valence-electron chi connectivity index (χ2n) is 9.21. The van der Waals surface area contributed by atoms with E-state index < -0.39 is 42.2 Å². The van der Waals surface area contributed by atoms with Gasteiger partial charge in [-0.1, -0.05) is 36.4 Å². The standard InChI is InChI=1S/C25H17N3O5/c29-21-19-22(30)23(31)20(21)28-12-8-4-2-6-10(12)14-16-15(24(32)26-25(16)33)13-9-5-1-3-7-11(9)27(19)17(13)18(14)28/h1-8,19-23,29-31H,(H,26,32,33)/t19?,20?,21?,22-,23+. The van der Waals surface area contributed by atoms with Gasteiger partial charge in [0.1, 0.15) is 18.3 Å². The number of imide groups is 1. The van der Waals surface area contributed by atoms with Crippen molar-refractivity contribution in [2.24, 2.45) is 0 Å². The molecule has 3 unspecified atom stereocenters. The number of hydrogen-bond acceptors (Lipinski definition) is 5. The quantitative estimate of drug-likeness (QED) is 0.275. The maximum absolute atomic E-state index is 13.1. The molecule has 0 radical (unpaired) electrons. The molecule has 0 spiro atoms. The molecule has 8 rings (SSSR count). The molecule has 2 amide bonds. The lowest BCUT2D eigenvalue weighted by Gasteiger charge is -2.23. The Hall–Kier alpha value is -3.72. The Labute approximate surface area is 185 Å². The Balaban J connectivity index is 1.80. The largest absolute Gasteiger partial charge is 0.389 e.